The topological polar surface area (TPSA) is 29.3 Å². The summed E-state index contributed by atoms with van der Waals surface area (Å²) in [6.07, 6.45) is 0. The molecule has 0 aliphatic heterocycles. The van der Waals surface area contributed by atoms with Crippen LogP contribution in [0.4, 0.5) is 0 Å². The molecule has 0 aromatic heterocycles. The van der Waals surface area contributed by atoms with Crippen LogP contribution in [0, 0.1) is 0 Å². The minimum Gasteiger partial charge on any atom is -1.00 e. The van der Waals surface area contributed by atoms with Gasteiger partial charge in [-0.05, 0) is 14.1 Å². The van der Waals surface area contributed by atoms with Crippen molar-refractivity contribution in [2.24, 2.45) is 5.73 Å². The molecule has 0 unspecified atom stereocenters. The Morgan fingerprint density at radius 1 is 1.22 bits per heavy atom. The van der Waals surface area contributed by atoms with Gasteiger partial charge in [-0.1, -0.05) is 0 Å². The Hall–Kier alpha value is 1.19. The van der Waals surface area contributed by atoms with E-state index in [1.807, 2.05) is 14.1 Å². The van der Waals surface area contributed by atoms with Crippen LogP contribution in [0.1, 0.15) is 0 Å². The first-order valence-electron chi connectivity index (χ1n) is 2.12. The smallest absolute Gasteiger partial charge is 1.00 e. The third kappa shape index (κ3) is 27.1. The molecule has 0 atom stereocenters. The fourth-order valence-corrected chi connectivity index (χ4v) is 0.258. The second kappa shape index (κ2) is 16.1. The zero-order valence-electron chi connectivity index (χ0n) is 5.51. The molecule has 0 aromatic rings. The predicted octanol–water partition coefficient (Wildman–Crippen LogP) is -6.49. The summed E-state index contributed by atoms with van der Waals surface area (Å²) in [6, 6.07) is 0. The standard InChI is InChI=1S/C4H12N2.2ClH.Pt/c1-6(2)4-3-5;;;/h3-5H2,1-2H3;2*1H;/q;;;+2/p-2. The average molecular weight is 354 g/mol. The number of hydrogen-bond acceptors (Lipinski definition) is 2. The average Bonchev–Trinajstić information content (AvgIpc) is 1.35. The van der Waals surface area contributed by atoms with Crippen molar-refractivity contribution < 1.29 is 45.9 Å². The molecule has 0 bridgehead atoms. The molecule has 0 aliphatic rings. The van der Waals surface area contributed by atoms with Gasteiger partial charge in [0.15, 0.2) is 0 Å². The molecule has 0 saturated carbocycles. The molecular formula is C4H12Cl2N2Pt. The van der Waals surface area contributed by atoms with Gasteiger partial charge in [0.25, 0.3) is 0 Å². The SMILES string of the molecule is CN(C)CCN.[Cl-].[Cl-].[Pt+2]. The Kier molecular flexibility index (Phi) is 40.1. The fraction of sp³-hybridized carbons (Fsp3) is 1.00. The van der Waals surface area contributed by atoms with Crippen LogP contribution < -0.4 is 30.5 Å². The first-order valence-corrected chi connectivity index (χ1v) is 2.12. The van der Waals surface area contributed by atoms with Crippen LogP contribution in [0.15, 0.2) is 0 Å². The third-order valence-corrected chi connectivity index (χ3v) is 0.576. The van der Waals surface area contributed by atoms with Crippen molar-refractivity contribution in [3.8, 4) is 0 Å². The largest absolute Gasteiger partial charge is 2.00 e. The van der Waals surface area contributed by atoms with Gasteiger partial charge in [0.1, 0.15) is 0 Å². The number of nitrogens with zero attached hydrogens (tertiary/aromatic N) is 1. The van der Waals surface area contributed by atoms with Crippen molar-refractivity contribution in [1.82, 2.24) is 4.90 Å². The van der Waals surface area contributed by atoms with Gasteiger partial charge in [0.2, 0.25) is 0 Å². The Morgan fingerprint density at radius 2 is 1.56 bits per heavy atom. The van der Waals surface area contributed by atoms with Crippen LogP contribution in [0.3, 0.4) is 0 Å². The van der Waals surface area contributed by atoms with Gasteiger partial charge in [-0.25, -0.2) is 0 Å². The summed E-state index contributed by atoms with van der Waals surface area (Å²) in [5.41, 5.74) is 5.19. The van der Waals surface area contributed by atoms with E-state index in [1.165, 1.54) is 0 Å². The van der Waals surface area contributed by atoms with Crippen LogP contribution in [-0.2, 0) is 21.1 Å². The Morgan fingerprint density at radius 3 is 1.56 bits per heavy atom. The van der Waals surface area contributed by atoms with Gasteiger partial charge >= 0.3 is 21.1 Å². The maximum atomic E-state index is 5.19. The van der Waals surface area contributed by atoms with Crippen LogP contribution in [0.25, 0.3) is 0 Å². The van der Waals surface area contributed by atoms with E-state index in [9.17, 15) is 0 Å². The molecule has 5 heteroatoms. The van der Waals surface area contributed by atoms with E-state index in [1.54, 1.807) is 0 Å². The normalized spacial score (nSPS) is 6.67. The van der Waals surface area contributed by atoms with Crippen LogP contribution in [0.2, 0.25) is 0 Å². The molecule has 0 heterocycles. The second-order valence-electron chi connectivity index (χ2n) is 1.59. The van der Waals surface area contributed by atoms with Crippen molar-refractivity contribution in [2.75, 3.05) is 27.2 Å². The number of halogens is 2. The van der Waals surface area contributed by atoms with E-state index in [2.05, 4.69) is 4.90 Å². The van der Waals surface area contributed by atoms with E-state index in [-0.39, 0.29) is 45.9 Å². The summed E-state index contributed by atoms with van der Waals surface area (Å²) in [6.45, 7) is 1.74. The second-order valence-corrected chi connectivity index (χ2v) is 1.59. The summed E-state index contributed by atoms with van der Waals surface area (Å²) < 4.78 is 0. The molecule has 62 valence electrons. The Bertz CT molecular complexity index is 37.7. The molecule has 0 saturated heterocycles. The first kappa shape index (κ1) is 22.5. The van der Waals surface area contributed by atoms with Crippen molar-refractivity contribution in [3.63, 3.8) is 0 Å². The summed E-state index contributed by atoms with van der Waals surface area (Å²) >= 11 is 0. The van der Waals surface area contributed by atoms with E-state index < -0.39 is 0 Å². The van der Waals surface area contributed by atoms with Crippen molar-refractivity contribution in [1.29, 1.82) is 0 Å². The number of nitrogens with two attached hydrogens (primary N) is 1. The van der Waals surface area contributed by atoms with E-state index >= 15 is 0 Å². The van der Waals surface area contributed by atoms with Crippen molar-refractivity contribution in [2.45, 2.75) is 0 Å². The molecule has 0 spiro atoms. The fourth-order valence-electron chi connectivity index (χ4n) is 0.258. The van der Waals surface area contributed by atoms with Crippen LogP contribution in [0.5, 0.6) is 0 Å². The minimum absolute atomic E-state index is 0. The first-order chi connectivity index (χ1) is 2.77. The van der Waals surface area contributed by atoms with Gasteiger partial charge in [-0.15, -0.1) is 0 Å². The Labute approximate surface area is 83.6 Å². The molecule has 0 radical (unpaired) electrons. The van der Waals surface area contributed by atoms with Gasteiger partial charge < -0.3 is 35.4 Å². The summed E-state index contributed by atoms with van der Waals surface area (Å²) in [5, 5.41) is 0. The van der Waals surface area contributed by atoms with Gasteiger partial charge in [-0.2, -0.15) is 0 Å². The van der Waals surface area contributed by atoms with Crippen molar-refractivity contribution in [3.05, 3.63) is 0 Å². The summed E-state index contributed by atoms with van der Waals surface area (Å²) in [5.74, 6) is 0. The predicted molar refractivity (Wildman–Crippen MR) is 27.6 cm³/mol. The van der Waals surface area contributed by atoms with Gasteiger partial charge in [0.05, 0.1) is 0 Å². The van der Waals surface area contributed by atoms with Crippen LogP contribution in [-0.4, -0.2) is 32.1 Å². The molecule has 9 heavy (non-hydrogen) atoms. The molecule has 0 fully saturated rings. The molecule has 0 rings (SSSR count). The third-order valence-electron chi connectivity index (χ3n) is 0.576. The zero-order valence-corrected chi connectivity index (χ0v) is 9.30. The molecule has 0 amide bonds. The molecule has 2 nitrogen and oxygen atoms in total. The number of rotatable bonds is 2. The summed E-state index contributed by atoms with van der Waals surface area (Å²) in [4.78, 5) is 2.06. The summed E-state index contributed by atoms with van der Waals surface area (Å²) in [7, 11) is 4.01. The molecular weight excluding hydrogens is 342 g/mol. The van der Waals surface area contributed by atoms with Crippen molar-refractivity contribution >= 4 is 0 Å². The Balaban J connectivity index is -0.0000000417. The quantitative estimate of drug-likeness (QED) is 0.535. The number of hydrogen-bond donors (Lipinski definition) is 1. The monoisotopic (exact) mass is 353 g/mol. The van der Waals surface area contributed by atoms with E-state index in [4.69, 9.17) is 5.73 Å². The van der Waals surface area contributed by atoms with E-state index in [0.717, 1.165) is 13.1 Å². The minimum atomic E-state index is 0. The van der Waals surface area contributed by atoms with Crippen LogP contribution >= 0.6 is 0 Å². The zero-order chi connectivity index (χ0) is 4.99. The maximum Gasteiger partial charge on any atom is 2.00 e. The van der Waals surface area contributed by atoms with Gasteiger partial charge in [0, 0.05) is 13.1 Å². The van der Waals surface area contributed by atoms with Gasteiger partial charge in [-0.3, -0.25) is 0 Å². The molecule has 0 aliphatic carbocycles. The maximum absolute atomic E-state index is 5.19. The molecule has 2 N–H and O–H groups in total. The number of likely N-dealkylation sites (N-methyl/N-ethyl adjacent to an activating group) is 1. The molecule has 0 aromatic carbocycles. The van der Waals surface area contributed by atoms with E-state index in [0.29, 0.717) is 0 Å².